The fraction of sp³-hybridized carbons (Fsp3) is 0.414. The minimum absolute atomic E-state index is 0.102. The summed E-state index contributed by atoms with van der Waals surface area (Å²) in [6, 6.07) is 11.8. The number of aryl methyl sites for hydroxylation is 1. The second-order valence-corrected chi connectivity index (χ2v) is 9.61. The molecule has 0 saturated carbocycles. The van der Waals surface area contributed by atoms with E-state index in [9.17, 15) is 24.0 Å². The standard InChI is InChI=1S/C29H34N2O11/c1-15-9-10-20(11-23(15)31-28(36)21-7-6-8-22(30)12-21)13-38-29-27(41-19(5)35)26(40-18(4)34)25(39-17(3)33)24(42-29)14-37-16(2)32/h6-12,24-27,29H,13-14,30H2,1-5H3,(H,31,36)/t24-,25-,26+,27-,29-/m1/s1. The highest BCUT2D eigenvalue weighted by Crippen LogP contribution is 2.31. The van der Waals surface area contributed by atoms with Crippen LogP contribution in [0, 0.1) is 6.92 Å². The second-order valence-electron chi connectivity index (χ2n) is 9.61. The van der Waals surface area contributed by atoms with E-state index >= 15 is 0 Å². The van der Waals surface area contributed by atoms with E-state index in [0.717, 1.165) is 26.3 Å². The van der Waals surface area contributed by atoms with Crippen molar-refractivity contribution in [1.29, 1.82) is 0 Å². The van der Waals surface area contributed by atoms with E-state index in [1.807, 2.05) is 6.92 Å². The van der Waals surface area contributed by atoms with Crippen LogP contribution in [0.1, 0.15) is 49.2 Å². The van der Waals surface area contributed by atoms with Crippen LogP contribution in [0.5, 0.6) is 0 Å². The number of nitrogens with one attached hydrogen (secondary N) is 1. The van der Waals surface area contributed by atoms with Crippen LogP contribution in [0.3, 0.4) is 0 Å². The minimum atomic E-state index is -1.35. The van der Waals surface area contributed by atoms with Crippen LogP contribution in [0.15, 0.2) is 42.5 Å². The Hall–Kier alpha value is -4.49. The first-order chi connectivity index (χ1) is 19.8. The van der Waals surface area contributed by atoms with Gasteiger partial charge in [-0.25, -0.2) is 0 Å². The summed E-state index contributed by atoms with van der Waals surface area (Å²) in [5, 5.41) is 2.85. The van der Waals surface area contributed by atoms with Crippen LogP contribution in [-0.4, -0.2) is 67.1 Å². The monoisotopic (exact) mass is 586 g/mol. The van der Waals surface area contributed by atoms with Gasteiger partial charge in [0, 0.05) is 44.6 Å². The smallest absolute Gasteiger partial charge is 0.303 e. The minimum Gasteiger partial charge on any atom is -0.463 e. The Morgan fingerprint density at radius 1 is 0.833 bits per heavy atom. The largest absolute Gasteiger partial charge is 0.463 e. The maximum absolute atomic E-state index is 12.8. The first kappa shape index (κ1) is 32.0. The first-order valence-corrected chi connectivity index (χ1v) is 13.0. The number of amides is 1. The Bertz CT molecular complexity index is 1330. The lowest BCUT2D eigenvalue weighted by Gasteiger charge is -2.44. The van der Waals surface area contributed by atoms with Gasteiger partial charge in [0.05, 0.1) is 6.61 Å². The highest BCUT2D eigenvalue weighted by Gasteiger charge is 2.52. The Morgan fingerprint density at radius 2 is 1.48 bits per heavy atom. The molecule has 2 aromatic carbocycles. The SMILES string of the molecule is CC(=O)OC[C@H]1O[C@@H](OCc2ccc(C)c(NC(=O)c3cccc(N)c3)c2)[C@H](OC(C)=O)[C@@H](OC(C)=O)[C@@H]1OC(C)=O. The number of hydrogen-bond donors (Lipinski definition) is 2. The van der Waals surface area contributed by atoms with Crippen molar-refractivity contribution in [2.75, 3.05) is 17.7 Å². The van der Waals surface area contributed by atoms with E-state index in [0.29, 0.717) is 22.5 Å². The van der Waals surface area contributed by atoms with Crippen molar-refractivity contribution >= 4 is 41.2 Å². The van der Waals surface area contributed by atoms with Gasteiger partial charge < -0.3 is 39.5 Å². The summed E-state index contributed by atoms with van der Waals surface area (Å²) in [7, 11) is 0. The zero-order valence-electron chi connectivity index (χ0n) is 23.9. The second kappa shape index (κ2) is 14.4. The zero-order valence-corrected chi connectivity index (χ0v) is 23.9. The number of nitrogen functional groups attached to an aromatic ring is 1. The third kappa shape index (κ3) is 9.01. The average Bonchev–Trinajstić information content (AvgIpc) is 2.90. The van der Waals surface area contributed by atoms with Crippen molar-refractivity contribution < 1.29 is 52.4 Å². The van der Waals surface area contributed by atoms with E-state index < -0.39 is 54.6 Å². The molecule has 1 saturated heterocycles. The molecule has 0 aliphatic carbocycles. The molecular weight excluding hydrogens is 552 g/mol. The number of esters is 4. The lowest BCUT2D eigenvalue weighted by atomic mass is 9.98. The van der Waals surface area contributed by atoms with Gasteiger partial charge >= 0.3 is 23.9 Å². The van der Waals surface area contributed by atoms with Crippen LogP contribution in [0.25, 0.3) is 0 Å². The fourth-order valence-corrected chi connectivity index (χ4v) is 4.27. The van der Waals surface area contributed by atoms with Crippen LogP contribution in [-0.2, 0) is 54.2 Å². The van der Waals surface area contributed by atoms with Crippen molar-refractivity contribution in [3.05, 3.63) is 59.2 Å². The number of carbonyl (C=O) groups is 5. The van der Waals surface area contributed by atoms with Crippen LogP contribution in [0.2, 0.25) is 0 Å². The van der Waals surface area contributed by atoms with Gasteiger partial charge in [-0.1, -0.05) is 18.2 Å². The molecule has 0 bridgehead atoms. The van der Waals surface area contributed by atoms with E-state index in [2.05, 4.69) is 5.32 Å². The van der Waals surface area contributed by atoms with Gasteiger partial charge in [-0.15, -0.1) is 0 Å². The number of carbonyl (C=O) groups excluding carboxylic acids is 5. The lowest BCUT2D eigenvalue weighted by molar-refractivity contribution is -0.310. The van der Waals surface area contributed by atoms with Crippen molar-refractivity contribution in [3.8, 4) is 0 Å². The van der Waals surface area contributed by atoms with E-state index in [1.165, 1.54) is 6.92 Å². The molecule has 1 aliphatic rings. The molecule has 13 heteroatoms. The normalized spacial score (nSPS) is 21.5. The summed E-state index contributed by atoms with van der Waals surface area (Å²) < 4.78 is 33.2. The third-order valence-corrected chi connectivity index (χ3v) is 6.06. The van der Waals surface area contributed by atoms with Crippen molar-refractivity contribution in [3.63, 3.8) is 0 Å². The molecule has 0 unspecified atom stereocenters. The van der Waals surface area contributed by atoms with Gasteiger partial charge in [0.25, 0.3) is 5.91 Å². The third-order valence-electron chi connectivity index (χ3n) is 6.06. The number of ether oxygens (including phenoxy) is 6. The zero-order chi connectivity index (χ0) is 31.0. The summed E-state index contributed by atoms with van der Waals surface area (Å²) in [6.07, 6.45) is -6.45. The van der Waals surface area contributed by atoms with Gasteiger partial charge in [0.2, 0.25) is 0 Å². The Kier molecular flexibility index (Phi) is 11.0. The van der Waals surface area contributed by atoms with E-state index in [4.69, 9.17) is 34.2 Å². The summed E-state index contributed by atoms with van der Waals surface area (Å²) >= 11 is 0. The molecule has 0 radical (unpaired) electrons. The lowest BCUT2D eigenvalue weighted by Crippen LogP contribution is -2.62. The molecule has 1 aliphatic heterocycles. The molecule has 0 spiro atoms. The van der Waals surface area contributed by atoms with Crippen molar-refractivity contribution in [2.45, 2.75) is 71.9 Å². The molecule has 1 heterocycles. The predicted octanol–water partition coefficient (Wildman–Crippen LogP) is 2.43. The number of nitrogens with two attached hydrogens (primary N) is 1. The van der Waals surface area contributed by atoms with E-state index in [-0.39, 0.29) is 19.1 Å². The molecule has 3 rings (SSSR count). The quantitative estimate of drug-likeness (QED) is 0.236. The highest BCUT2D eigenvalue weighted by molar-refractivity contribution is 6.05. The van der Waals surface area contributed by atoms with Crippen LogP contribution in [0.4, 0.5) is 11.4 Å². The van der Waals surface area contributed by atoms with E-state index in [1.54, 1.807) is 42.5 Å². The Balaban J connectivity index is 1.86. The Labute approximate surface area is 242 Å². The van der Waals surface area contributed by atoms with Gasteiger partial charge in [0.1, 0.15) is 12.7 Å². The summed E-state index contributed by atoms with van der Waals surface area (Å²) in [5.41, 5.74) is 8.53. The summed E-state index contributed by atoms with van der Waals surface area (Å²) in [5.74, 6) is -3.21. The molecule has 0 aromatic heterocycles. The van der Waals surface area contributed by atoms with Crippen molar-refractivity contribution in [1.82, 2.24) is 0 Å². The molecule has 42 heavy (non-hydrogen) atoms. The van der Waals surface area contributed by atoms with Crippen LogP contribution < -0.4 is 11.1 Å². The molecule has 1 amide bonds. The Morgan fingerprint density at radius 3 is 2.10 bits per heavy atom. The average molecular weight is 587 g/mol. The van der Waals surface area contributed by atoms with Gasteiger partial charge in [0.15, 0.2) is 24.6 Å². The number of anilines is 2. The molecular formula is C29H34N2O11. The number of hydrogen-bond acceptors (Lipinski definition) is 12. The van der Waals surface area contributed by atoms with Gasteiger partial charge in [-0.2, -0.15) is 0 Å². The van der Waals surface area contributed by atoms with Gasteiger partial charge in [-0.3, -0.25) is 24.0 Å². The molecule has 3 N–H and O–H groups in total. The molecule has 13 nitrogen and oxygen atoms in total. The van der Waals surface area contributed by atoms with Crippen molar-refractivity contribution in [2.24, 2.45) is 0 Å². The maximum Gasteiger partial charge on any atom is 0.303 e. The fourth-order valence-electron chi connectivity index (χ4n) is 4.27. The van der Waals surface area contributed by atoms with Crippen LogP contribution >= 0.6 is 0 Å². The molecule has 5 atom stereocenters. The summed E-state index contributed by atoms with van der Waals surface area (Å²) in [4.78, 5) is 60.2. The maximum atomic E-state index is 12.8. The first-order valence-electron chi connectivity index (χ1n) is 13.0. The predicted molar refractivity (Wildman–Crippen MR) is 147 cm³/mol. The summed E-state index contributed by atoms with van der Waals surface area (Å²) in [6.45, 7) is 5.94. The highest BCUT2D eigenvalue weighted by atomic mass is 16.7. The topological polar surface area (TPSA) is 179 Å². The number of benzene rings is 2. The molecule has 1 fully saturated rings. The van der Waals surface area contributed by atoms with Gasteiger partial charge in [-0.05, 0) is 42.3 Å². The molecule has 2 aromatic rings. The number of rotatable bonds is 10. The molecule has 226 valence electrons.